The van der Waals surface area contributed by atoms with Crippen LogP contribution < -0.4 is 10.9 Å². The van der Waals surface area contributed by atoms with Crippen LogP contribution in [0, 0.1) is 6.92 Å². The van der Waals surface area contributed by atoms with Crippen molar-refractivity contribution < 1.29 is 0 Å². The minimum atomic E-state index is -0.0712. The standard InChI is InChI=1S/C12H16N4O/c1-8-6-12(17)14-11-7-10(15-16(8)11)9-4-2-3-5-13-9/h6-7,9,13H,2-5H2,1H3,(H,14,17). The van der Waals surface area contributed by atoms with Crippen LogP contribution in [-0.4, -0.2) is 21.1 Å². The minimum absolute atomic E-state index is 0.0712. The third kappa shape index (κ3) is 1.86. The molecule has 0 bridgehead atoms. The zero-order valence-corrected chi connectivity index (χ0v) is 9.86. The lowest BCUT2D eigenvalue weighted by molar-refractivity contribution is 0.404. The first-order chi connectivity index (χ1) is 8.24. The van der Waals surface area contributed by atoms with Gasteiger partial charge in [0.05, 0.1) is 11.7 Å². The Balaban J connectivity index is 2.06. The smallest absolute Gasteiger partial charge is 0.251 e. The molecule has 2 aromatic rings. The number of hydrogen-bond acceptors (Lipinski definition) is 3. The van der Waals surface area contributed by atoms with Gasteiger partial charge in [-0.15, -0.1) is 0 Å². The molecule has 0 saturated carbocycles. The van der Waals surface area contributed by atoms with Crippen molar-refractivity contribution in [3.63, 3.8) is 0 Å². The number of fused-ring (bicyclic) bond motifs is 1. The first-order valence-corrected chi connectivity index (χ1v) is 6.07. The molecule has 0 spiro atoms. The summed E-state index contributed by atoms with van der Waals surface area (Å²) in [5, 5.41) is 8.02. The SMILES string of the molecule is Cc1cc(=O)[nH]c2cc(C3CCCCN3)nn12. The number of aryl methyl sites for hydroxylation is 1. The van der Waals surface area contributed by atoms with Crippen LogP contribution in [0.25, 0.3) is 5.65 Å². The Kier molecular flexibility index (Phi) is 2.48. The fraction of sp³-hybridized carbons (Fsp3) is 0.500. The van der Waals surface area contributed by atoms with E-state index in [2.05, 4.69) is 15.4 Å². The Labute approximate surface area is 98.9 Å². The zero-order chi connectivity index (χ0) is 11.8. The van der Waals surface area contributed by atoms with E-state index < -0.39 is 0 Å². The molecule has 5 heteroatoms. The highest BCUT2D eigenvalue weighted by molar-refractivity contribution is 5.40. The number of aromatic amines is 1. The maximum absolute atomic E-state index is 11.4. The van der Waals surface area contributed by atoms with Gasteiger partial charge in [0.2, 0.25) is 0 Å². The Morgan fingerprint density at radius 3 is 3.06 bits per heavy atom. The van der Waals surface area contributed by atoms with Crippen LogP contribution in [0.3, 0.4) is 0 Å². The Morgan fingerprint density at radius 2 is 2.29 bits per heavy atom. The van der Waals surface area contributed by atoms with Crippen molar-refractivity contribution in [1.29, 1.82) is 0 Å². The lowest BCUT2D eigenvalue weighted by Gasteiger charge is -2.21. The van der Waals surface area contributed by atoms with Crippen molar-refractivity contribution in [1.82, 2.24) is 19.9 Å². The van der Waals surface area contributed by atoms with Crippen molar-refractivity contribution in [3.8, 4) is 0 Å². The second-order valence-electron chi connectivity index (χ2n) is 4.64. The third-order valence-electron chi connectivity index (χ3n) is 3.32. The number of nitrogens with zero attached hydrogens (tertiary/aromatic N) is 2. The maximum Gasteiger partial charge on any atom is 0.251 e. The summed E-state index contributed by atoms with van der Waals surface area (Å²) in [7, 11) is 0. The summed E-state index contributed by atoms with van der Waals surface area (Å²) in [4.78, 5) is 14.2. The monoisotopic (exact) mass is 232 g/mol. The number of H-pyrrole nitrogens is 1. The first-order valence-electron chi connectivity index (χ1n) is 6.07. The third-order valence-corrected chi connectivity index (χ3v) is 3.32. The Hall–Kier alpha value is -1.62. The fourth-order valence-corrected chi connectivity index (χ4v) is 2.45. The van der Waals surface area contributed by atoms with E-state index in [1.54, 1.807) is 10.6 Å². The molecule has 3 heterocycles. The molecule has 3 rings (SSSR count). The summed E-state index contributed by atoms with van der Waals surface area (Å²) >= 11 is 0. The summed E-state index contributed by atoms with van der Waals surface area (Å²) in [5.74, 6) is 0. The summed E-state index contributed by atoms with van der Waals surface area (Å²) in [6.45, 7) is 2.95. The summed E-state index contributed by atoms with van der Waals surface area (Å²) < 4.78 is 1.80. The van der Waals surface area contributed by atoms with Gasteiger partial charge in [0.25, 0.3) is 5.56 Å². The molecular weight excluding hydrogens is 216 g/mol. The van der Waals surface area contributed by atoms with Crippen LogP contribution in [0.4, 0.5) is 0 Å². The van der Waals surface area contributed by atoms with Gasteiger partial charge in [-0.3, -0.25) is 4.79 Å². The molecule has 1 saturated heterocycles. The molecule has 1 fully saturated rings. The second kappa shape index (κ2) is 4.00. The van der Waals surface area contributed by atoms with Gasteiger partial charge < -0.3 is 10.3 Å². The molecule has 2 aromatic heterocycles. The van der Waals surface area contributed by atoms with Gasteiger partial charge in [0.15, 0.2) is 0 Å². The quantitative estimate of drug-likeness (QED) is 0.775. The highest BCUT2D eigenvalue weighted by Crippen LogP contribution is 2.22. The molecule has 1 atom stereocenters. The summed E-state index contributed by atoms with van der Waals surface area (Å²) in [6.07, 6.45) is 3.59. The summed E-state index contributed by atoms with van der Waals surface area (Å²) in [6, 6.07) is 3.86. The molecule has 90 valence electrons. The van der Waals surface area contributed by atoms with E-state index >= 15 is 0 Å². The predicted octanol–water partition coefficient (Wildman–Crippen LogP) is 1.15. The molecular formula is C12H16N4O. The summed E-state index contributed by atoms with van der Waals surface area (Å²) in [5.41, 5.74) is 2.59. The molecule has 1 aliphatic rings. The number of aromatic nitrogens is 3. The van der Waals surface area contributed by atoms with Gasteiger partial charge in [-0.25, -0.2) is 4.52 Å². The highest BCUT2D eigenvalue weighted by atomic mass is 16.1. The molecule has 2 N–H and O–H groups in total. The van der Waals surface area contributed by atoms with Crippen LogP contribution in [0.15, 0.2) is 16.9 Å². The Bertz CT molecular complexity index is 592. The van der Waals surface area contributed by atoms with Crippen LogP contribution in [0.2, 0.25) is 0 Å². The average Bonchev–Trinajstić information content (AvgIpc) is 2.74. The predicted molar refractivity (Wildman–Crippen MR) is 65.1 cm³/mol. The number of hydrogen-bond donors (Lipinski definition) is 2. The number of nitrogens with one attached hydrogen (secondary N) is 2. The van der Waals surface area contributed by atoms with Crippen molar-refractivity contribution in [2.45, 2.75) is 32.2 Å². The van der Waals surface area contributed by atoms with E-state index in [1.165, 1.54) is 12.8 Å². The van der Waals surface area contributed by atoms with E-state index in [9.17, 15) is 4.79 Å². The van der Waals surface area contributed by atoms with E-state index in [4.69, 9.17) is 0 Å². The maximum atomic E-state index is 11.4. The van der Waals surface area contributed by atoms with Gasteiger partial charge >= 0.3 is 0 Å². The number of rotatable bonds is 1. The molecule has 5 nitrogen and oxygen atoms in total. The number of piperidine rings is 1. The largest absolute Gasteiger partial charge is 0.309 e. The van der Waals surface area contributed by atoms with Gasteiger partial charge in [0.1, 0.15) is 5.65 Å². The zero-order valence-electron chi connectivity index (χ0n) is 9.86. The van der Waals surface area contributed by atoms with E-state index in [0.29, 0.717) is 6.04 Å². The molecule has 0 aliphatic carbocycles. The van der Waals surface area contributed by atoms with Crippen molar-refractivity contribution in [3.05, 3.63) is 33.9 Å². The van der Waals surface area contributed by atoms with Gasteiger partial charge in [-0.1, -0.05) is 6.42 Å². The molecule has 17 heavy (non-hydrogen) atoms. The van der Waals surface area contributed by atoms with Crippen LogP contribution >= 0.6 is 0 Å². The Morgan fingerprint density at radius 1 is 1.41 bits per heavy atom. The van der Waals surface area contributed by atoms with Gasteiger partial charge in [-0.2, -0.15) is 5.10 Å². The molecule has 0 amide bonds. The average molecular weight is 232 g/mol. The first kappa shape index (κ1) is 10.5. The van der Waals surface area contributed by atoms with Gasteiger partial charge in [-0.05, 0) is 26.3 Å². The van der Waals surface area contributed by atoms with E-state index in [0.717, 1.165) is 30.0 Å². The van der Waals surface area contributed by atoms with Crippen LogP contribution in [-0.2, 0) is 0 Å². The van der Waals surface area contributed by atoms with E-state index in [1.807, 2.05) is 13.0 Å². The fourth-order valence-electron chi connectivity index (χ4n) is 2.45. The molecule has 1 unspecified atom stereocenters. The highest BCUT2D eigenvalue weighted by Gasteiger charge is 2.18. The van der Waals surface area contributed by atoms with Crippen molar-refractivity contribution >= 4 is 5.65 Å². The van der Waals surface area contributed by atoms with Crippen molar-refractivity contribution in [2.24, 2.45) is 0 Å². The van der Waals surface area contributed by atoms with E-state index in [-0.39, 0.29) is 5.56 Å². The van der Waals surface area contributed by atoms with Crippen LogP contribution in [0.5, 0.6) is 0 Å². The van der Waals surface area contributed by atoms with Gasteiger partial charge in [0, 0.05) is 17.8 Å². The molecule has 0 aromatic carbocycles. The molecule has 0 radical (unpaired) electrons. The molecule has 1 aliphatic heterocycles. The lowest BCUT2D eigenvalue weighted by Crippen LogP contribution is -2.27. The lowest BCUT2D eigenvalue weighted by atomic mass is 10.0. The normalized spacial score (nSPS) is 20.9. The second-order valence-corrected chi connectivity index (χ2v) is 4.64. The van der Waals surface area contributed by atoms with Crippen molar-refractivity contribution in [2.75, 3.05) is 6.54 Å². The topological polar surface area (TPSA) is 62.2 Å². The minimum Gasteiger partial charge on any atom is -0.309 e. The van der Waals surface area contributed by atoms with Crippen LogP contribution in [0.1, 0.15) is 36.7 Å².